The predicted octanol–water partition coefficient (Wildman–Crippen LogP) is 0.793. The van der Waals surface area contributed by atoms with Gasteiger partial charge in [-0.3, -0.25) is 9.59 Å². The van der Waals surface area contributed by atoms with Crippen LogP contribution in [0.15, 0.2) is 0 Å². The van der Waals surface area contributed by atoms with Crippen molar-refractivity contribution in [3.05, 3.63) is 0 Å². The number of amides is 1. The van der Waals surface area contributed by atoms with Crippen molar-refractivity contribution in [2.24, 2.45) is 0 Å². The highest BCUT2D eigenvalue weighted by molar-refractivity contribution is 9.09. The third kappa shape index (κ3) is 4.87. The molecule has 0 N–H and O–H groups in total. The predicted molar refractivity (Wildman–Crippen MR) is 52.7 cm³/mol. The van der Waals surface area contributed by atoms with Crippen molar-refractivity contribution in [3.63, 3.8) is 0 Å². The molecule has 13 heavy (non-hydrogen) atoms. The molecule has 0 bridgehead atoms. The minimum absolute atomic E-state index is 0.0372. The van der Waals surface area contributed by atoms with Crippen LogP contribution >= 0.6 is 15.9 Å². The van der Waals surface area contributed by atoms with Gasteiger partial charge in [0.25, 0.3) is 0 Å². The first-order valence-corrected chi connectivity index (χ1v) is 5.18. The number of nitrogens with zero attached hydrogens (tertiary/aromatic N) is 1. The van der Waals surface area contributed by atoms with Gasteiger partial charge in [0, 0.05) is 18.3 Å². The van der Waals surface area contributed by atoms with Gasteiger partial charge in [-0.05, 0) is 6.92 Å². The molecule has 0 aliphatic heterocycles. The molecule has 0 aliphatic rings. The van der Waals surface area contributed by atoms with E-state index in [4.69, 9.17) is 0 Å². The Labute approximate surface area is 86.4 Å². The van der Waals surface area contributed by atoms with E-state index in [-0.39, 0.29) is 18.4 Å². The molecule has 0 saturated heterocycles. The monoisotopic (exact) mass is 251 g/mol. The van der Waals surface area contributed by atoms with Gasteiger partial charge in [0.2, 0.25) is 5.91 Å². The first-order chi connectivity index (χ1) is 6.15. The number of ether oxygens (including phenoxy) is 1. The first-order valence-electron chi connectivity index (χ1n) is 4.06. The maximum Gasteiger partial charge on any atom is 0.325 e. The zero-order chi connectivity index (χ0) is 10.3. The van der Waals surface area contributed by atoms with Crippen molar-refractivity contribution < 1.29 is 14.3 Å². The summed E-state index contributed by atoms with van der Waals surface area (Å²) in [5.74, 6) is -0.422. The van der Waals surface area contributed by atoms with Gasteiger partial charge in [-0.2, -0.15) is 0 Å². The van der Waals surface area contributed by atoms with Crippen molar-refractivity contribution in [3.8, 4) is 0 Å². The van der Waals surface area contributed by atoms with Crippen LogP contribution in [0.4, 0.5) is 0 Å². The Hall–Kier alpha value is -0.580. The van der Waals surface area contributed by atoms with Crippen molar-refractivity contribution in [2.45, 2.75) is 13.3 Å². The Balaban J connectivity index is 4.01. The highest BCUT2D eigenvalue weighted by Gasteiger charge is 2.14. The summed E-state index contributed by atoms with van der Waals surface area (Å²) < 4.78 is 4.47. The lowest BCUT2D eigenvalue weighted by Gasteiger charge is -2.18. The van der Waals surface area contributed by atoms with Gasteiger partial charge in [0.05, 0.1) is 7.11 Å². The Morgan fingerprint density at radius 1 is 1.46 bits per heavy atom. The number of carbonyl (C=O) groups excluding carboxylic acids is 2. The van der Waals surface area contributed by atoms with E-state index in [9.17, 15) is 9.59 Å². The highest BCUT2D eigenvalue weighted by atomic mass is 79.9. The SMILES string of the molecule is CCN(CC(=O)OC)C(=O)CCBr. The molecule has 0 aromatic rings. The summed E-state index contributed by atoms with van der Waals surface area (Å²) in [5, 5.41) is 0.615. The van der Waals surface area contributed by atoms with E-state index in [0.717, 1.165) is 0 Å². The van der Waals surface area contributed by atoms with Crippen molar-refractivity contribution in [2.75, 3.05) is 25.5 Å². The summed E-state index contributed by atoms with van der Waals surface area (Å²) in [6.45, 7) is 2.40. The topological polar surface area (TPSA) is 46.6 Å². The van der Waals surface area contributed by atoms with Gasteiger partial charge < -0.3 is 9.64 Å². The summed E-state index contributed by atoms with van der Waals surface area (Å²) in [6.07, 6.45) is 0.408. The van der Waals surface area contributed by atoms with E-state index in [1.165, 1.54) is 12.0 Å². The Morgan fingerprint density at radius 2 is 2.08 bits per heavy atom. The summed E-state index contributed by atoms with van der Waals surface area (Å²) in [6, 6.07) is 0. The van der Waals surface area contributed by atoms with Crippen LogP contribution in [-0.2, 0) is 14.3 Å². The van der Waals surface area contributed by atoms with E-state index in [0.29, 0.717) is 18.3 Å². The molecule has 76 valence electrons. The normalized spacial score (nSPS) is 9.46. The second kappa shape index (κ2) is 6.88. The molecular weight excluding hydrogens is 238 g/mol. The highest BCUT2D eigenvalue weighted by Crippen LogP contribution is 1.97. The van der Waals surface area contributed by atoms with Crippen LogP contribution in [0.2, 0.25) is 0 Å². The molecule has 4 nitrogen and oxygen atoms in total. The van der Waals surface area contributed by atoms with Crippen LogP contribution < -0.4 is 0 Å². The number of esters is 1. The Kier molecular flexibility index (Phi) is 6.58. The molecule has 0 heterocycles. The van der Waals surface area contributed by atoms with Crippen LogP contribution in [0.3, 0.4) is 0 Å². The van der Waals surface area contributed by atoms with Crippen LogP contribution in [0, 0.1) is 0 Å². The largest absolute Gasteiger partial charge is 0.468 e. The minimum atomic E-state index is -0.384. The van der Waals surface area contributed by atoms with Crippen LogP contribution in [0.1, 0.15) is 13.3 Å². The fourth-order valence-corrected chi connectivity index (χ4v) is 1.17. The molecule has 0 fully saturated rings. The Morgan fingerprint density at radius 3 is 2.46 bits per heavy atom. The lowest BCUT2D eigenvalue weighted by Crippen LogP contribution is -2.36. The molecule has 5 heteroatoms. The maximum atomic E-state index is 11.3. The van der Waals surface area contributed by atoms with E-state index in [1.807, 2.05) is 6.92 Å². The molecular formula is C8H14BrNO3. The van der Waals surface area contributed by atoms with Crippen molar-refractivity contribution in [1.29, 1.82) is 0 Å². The second-order valence-corrected chi connectivity index (χ2v) is 3.22. The van der Waals surface area contributed by atoms with Gasteiger partial charge in [-0.1, -0.05) is 15.9 Å². The number of likely N-dealkylation sites (N-methyl/N-ethyl adjacent to an activating group) is 1. The standard InChI is InChI=1S/C8H14BrNO3/c1-3-10(6-8(12)13-2)7(11)4-5-9/h3-6H2,1-2H3. The third-order valence-corrected chi connectivity index (χ3v) is 1.99. The molecule has 1 amide bonds. The van der Waals surface area contributed by atoms with Gasteiger partial charge >= 0.3 is 5.97 Å². The molecule has 0 unspecified atom stereocenters. The van der Waals surface area contributed by atoms with Gasteiger partial charge in [0.15, 0.2) is 0 Å². The first kappa shape index (κ1) is 12.4. The lowest BCUT2D eigenvalue weighted by molar-refractivity contribution is -0.146. The molecule has 0 aliphatic carbocycles. The average Bonchev–Trinajstić information content (AvgIpc) is 2.14. The zero-order valence-electron chi connectivity index (χ0n) is 7.88. The average molecular weight is 252 g/mol. The number of halogens is 1. The van der Waals surface area contributed by atoms with Gasteiger partial charge in [-0.15, -0.1) is 0 Å². The molecule has 0 saturated carbocycles. The number of alkyl halides is 1. The second-order valence-electron chi connectivity index (χ2n) is 2.42. The van der Waals surface area contributed by atoms with Crippen molar-refractivity contribution in [1.82, 2.24) is 4.90 Å². The van der Waals surface area contributed by atoms with Crippen molar-refractivity contribution >= 4 is 27.8 Å². The molecule has 0 aromatic heterocycles. The summed E-state index contributed by atoms with van der Waals surface area (Å²) >= 11 is 3.17. The molecule has 0 atom stereocenters. The molecule has 0 rings (SSSR count). The lowest BCUT2D eigenvalue weighted by atomic mass is 10.4. The number of hydrogen-bond acceptors (Lipinski definition) is 3. The van der Waals surface area contributed by atoms with Crippen LogP contribution in [-0.4, -0.2) is 42.3 Å². The third-order valence-electron chi connectivity index (χ3n) is 1.59. The number of rotatable bonds is 5. The van der Waals surface area contributed by atoms with Crippen LogP contribution in [0.25, 0.3) is 0 Å². The quantitative estimate of drug-likeness (QED) is 0.537. The fraction of sp³-hybridized carbons (Fsp3) is 0.750. The number of methoxy groups -OCH3 is 1. The molecule has 0 aromatic carbocycles. The fourth-order valence-electron chi connectivity index (χ4n) is 0.836. The van der Waals surface area contributed by atoms with Gasteiger partial charge in [0.1, 0.15) is 6.54 Å². The zero-order valence-corrected chi connectivity index (χ0v) is 9.46. The summed E-state index contributed by atoms with van der Waals surface area (Å²) in [7, 11) is 1.31. The van der Waals surface area contributed by atoms with E-state index in [2.05, 4.69) is 20.7 Å². The minimum Gasteiger partial charge on any atom is -0.468 e. The number of carbonyl (C=O) groups is 2. The smallest absolute Gasteiger partial charge is 0.325 e. The van der Waals surface area contributed by atoms with E-state index < -0.39 is 0 Å². The molecule has 0 spiro atoms. The summed E-state index contributed by atoms with van der Waals surface area (Å²) in [5.41, 5.74) is 0. The Bertz CT molecular complexity index is 184. The maximum absolute atomic E-state index is 11.3. The van der Waals surface area contributed by atoms with E-state index in [1.54, 1.807) is 0 Å². The number of hydrogen-bond donors (Lipinski definition) is 0. The van der Waals surface area contributed by atoms with Crippen LogP contribution in [0.5, 0.6) is 0 Å². The van der Waals surface area contributed by atoms with E-state index >= 15 is 0 Å². The summed E-state index contributed by atoms with van der Waals surface area (Å²) in [4.78, 5) is 23.6. The molecule has 0 radical (unpaired) electrons. The van der Waals surface area contributed by atoms with Gasteiger partial charge in [-0.25, -0.2) is 0 Å².